The third-order valence-corrected chi connectivity index (χ3v) is 5.12. The molecule has 2 saturated heterocycles. The van der Waals surface area contributed by atoms with E-state index in [0.717, 1.165) is 44.2 Å². The minimum Gasteiger partial charge on any atom is -0.341 e. The van der Waals surface area contributed by atoms with E-state index in [2.05, 4.69) is 29.1 Å². The molecule has 0 aromatic carbocycles. The summed E-state index contributed by atoms with van der Waals surface area (Å²) < 4.78 is 0. The summed E-state index contributed by atoms with van der Waals surface area (Å²) >= 11 is 0. The van der Waals surface area contributed by atoms with Crippen molar-refractivity contribution in [2.45, 2.75) is 26.9 Å². The second kappa shape index (κ2) is 10.6. The van der Waals surface area contributed by atoms with Crippen molar-refractivity contribution in [2.24, 2.45) is 0 Å². The second-order valence-corrected chi connectivity index (χ2v) is 6.53. The first-order valence-corrected chi connectivity index (χ1v) is 9.46. The minimum absolute atomic E-state index is 0.0217. The van der Waals surface area contributed by atoms with Gasteiger partial charge in [-0.1, -0.05) is 13.8 Å². The zero-order valence-corrected chi connectivity index (χ0v) is 16.8. The SMILES string of the molecule is CC.CNC(=O)N1CCN(C(C)[NH+](C)C(=O)N2CCN(C)CC2)CC1. The first kappa shape index (κ1) is 21.7. The van der Waals surface area contributed by atoms with Gasteiger partial charge < -0.3 is 15.1 Å². The van der Waals surface area contributed by atoms with Gasteiger partial charge in [-0.3, -0.25) is 9.80 Å². The van der Waals surface area contributed by atoms with Gasteiger partial charge in [-0.05, 0) is 7.05 Å². The zero-order valence-electron chi connectivity index (χ0n) is 16.8. The van der Waals surface area contributed by atoms with Crippen LogP contribution >= 0.6 is 0 Å². The Hall–Kier alpha value is -1.38. The molecule has 8 heteroatoms. The molecule has 0 saturated carbocycles. The van der Waals surface area contributed by atoms with E-state index in [-0.39, 0.29) is 18.2 Å². The van der Waals surface area contributed by atoms with E-state index < -0.39 is 0 Å². The van der Waals surface area contributed by atoms with Crippen LogP contribution in [0.1, 0.15) is 20.8 Å². The molecule has 2 aliphatic rings. The van der Waals surface area contributed by atoms with E-state index in [4.69, 9.17) is 0 Å². The summed E-state index contributed by atoms with van der Waals surface area (Å²) in [5, 5.41) is 2.66. The molecule has 2 atom stereocenters. The molecular formula is C17H37N6O2+. The number of nitrogens with one attached hydrogen (secondary N) is 2. The van der Waals surface area contributed by atoms with Gasteiger partial charge in [0.05, 0.1) is 7.05 Å². The number of urea groups is 2. The third kappa shape index (κ3) is 5.83. The summed E-state index contributed by atoms with van der Waals surface area (Å²) in [7, 11) is 5.70. The Kier molecular flexibility index (Phi) is 9.16. The Morgan fingerprint density at radius 2 is 1.40 bits per heavy atom. The molecular weight excluding hydrogens is 320 g/mol. The highest BCUT2D eigenvalue weighted by Crippen LogP contribution is 2.04. The lowest BCUT2D eigenvalue weighted by molar-refractivity contribution is -0.839. The largest absolute Gasteiger partial charge is 0.418 e. The van der Waals surface area contributed by atoms with Crippen LogP contribution in [0.15, 0.2) is 0 Å². The Balaban J connectivity index is 0.00000151. The van der Waals surface area contributed by atoms with E-state index in [9.17, 15) is 9.59 Å². The van der Waals surface area contributed by atoms with Gasteiger partial charge in [0, 0.05) is 66.3 Å². The molecule has 8 nitrogen and oxygen atoms in total. The average molecular weight is 358 g/mol. The maximum absolute atomic E-state index is 12.7. The van der Waals surface area contributed by atoms with Gasteiger partial charge >= 0.3 is 12.1 Å². The molecule has 2 N–H and O–H groups in total. The number of rotatable bonds is 2. The van der Waals surface area contributed by atoms with Crippen LogP contribution < -0.4 is 10.2 Å². The van der Waals surface area contributed by atoms with Crippen LogP contribution in [0.5, 0.6) is 0 Å². The van der Waals surface area contributed by atoms with Crippen LogP contribution in [0.4, 0.5) is 9.59 Å². The number of carbonyl (C=O) groups is 2. The lowest BCUT2D eigenvalue weighted by Gasteiger charge is -2.40. The van der Waals surface area contributed by atoms with Crippen LogP contribution in [-0.2, 0) is 0 Å². The third-order valence-electron chi connectivity index (χ3n) is 5.12. The van der Waals surface area contributed by atoms with Crippen LogP contribution in [0.3, 0.4) is 0 Å². The van der Waals surface area contributed by atoms with Crippen LogP contribution in [-0.4, -0.2) is 111 Å². The molecule has 0 aromatic rings. The van der Waals surface area contributed by atoms with Crippen molar-refractivity contribution in [2.75, 3.05) is 73.5 Å². The Labute approximate surface area is 152 Å². The van der Waals surface area contributed by atoms with E-state index in [0.29, 0.717) is 13.1 Å². The maximum atomic E-state index is 12.7. The van der Waals surface area contributed by atoms with Crippen molar-refractivity contribution in [3.8, 4) is 0 Å². The molecule has 2 aliphatic heterocycles. The summed E-state index contributed by atoms with van der Waals surface area (Å²) in [5.74, 6) is 0. The molecule has 4 amide bonds. The van der Waals surface area contributed by atoms with Gasteiger partial charge in [-0.15, -0.1) is 0 Å². The number of nitrogens with zero attached hydrogens (tertiary/aromatic N) is 4. The number of piperazine rings is 2. The molecule has 2 fully saturated rings. The molecule has 25 heavy (non-hydrogen) atoms. The normalized spacial score (nSPS) is 21.8. The average Bonchev–Trinajstić information content (AvgIpc) is 2.68. The first-order chi connectivity index (χ1) is 11.9. The summed E-state index contributed by atoms with van der Waals surface area (Å²) in [6.45, 7) is 12.6. The van der Waals surface area contributed by atoms with E-state index in [1.54, 1.807) is 7.05 Å². The highest BCUT2D eigenvalue weighted by molar-refractivity contribution is 5.73. The summed E-state index contributed by atoms with van der Waals surface area (Å²) in [4.78, 5) is 33.6. The number of hydrogen-bond acceptors (Lipinski definition) is 4. The summed E-state index contributed by atoms with van der Waals surface area (Å²) in [6, 6.07) is 0.158. The predicted octanol–water partition coefficient (Wildman–Crippen LogP) is -0.802. The Morgan fingerprint density at radius 1 is 0.920 bits per heavy atom. The molecule has 0 bridgehead atoms. The number of likely N-dealkylation sites (N-methyl/N-ethyl adjacent to an activating group) is 1. The van der Waals surface area contributed by atoms with Gasteiger partial charge in [0.15, 0.2) is 0 Å². The lowest BCUT2D eigenvalue weighted by atomic mass is 10.3. The van der Waals surface area contributed by atoms with Crippen molar-refractivity contribution in [3.63, 3.8) is 0 Å². The van der Waals surface area contributed by atoms with Gasteiger partial charge in [0.25, 0.3) is 0 Å². The number of carbonyl (C=O) groups excluding carboxylic acids is 2. The van der Waals surface area contributed by atoms with Crippen molar-refractivity contribution >= 4 is 12.1 Å². The molecule has 0 aliphatic carbocycles. The van der Waals surface area contributed by atoms with Gasteiger partial charge in [-0.2, -0.15) is 0 Å². The van der Waals surface area contributed by atoms with Crippen molar-refractivity contribution < 1.29 is 14.5 Å². The van der Waals surface area contributed by atoms with Gasteiger partial charge in [0.1, 0.15) is 6.17 Å². The maximum Gasteiger partial charge on any atom is 0.418 e. The minimum atomic E-state index is -0.0217. The predicted molar refractivity (Wildman–Crippen MR) is 99.8 cm³/mol. The first-order valence-electron chi connectivity index (χ1n) is 9.46. The fourth-order valence-corrected chi connectivity index (χ4v) is 3.18. The molecule has 0 spiro atoms. The van der Waals surface area contributed by atoms with Crippen molar-refractivity contribution in [1.82, 2.24) is 24.9 Å². The Morgan fingerprint density at radius 3 is 1.88 bits per heavy atom. The highest BCUT2D eigenvalue weighted by Gasteiger charge is 2.34. The standard InChI is InChI=1S/C15H30N6O2.C2H6/c1-13(19-9-11-20(12-10-19)14(22)16-2)18(4)15(23)21-7-5-17(3)6-8-21;1-2/h13H,5-12H2,1-4H3,(H,16,22);1-2H3/p+1. The second-order valence-electron chi connectivity index (χ2n) is 6.53. The monoisotopic (exact) mass is 357 g/mol. The van der Waals surface area contributed by atoms with Crippen LogP contribution in [0, 0.1) is 0 Å². The quantitative estimate of drug-likeness (QED) is 0.679. The molecule has 0 radical (unpaired) electrons. The van der Waals surface area contributed by atoms with Gasteiger partial charge in [0.2, 0.25) is 0 Å². The fraction of sp³-hybridized carbons (Fsp3) is 0.882. The molecule has 2 rings (SSSR count). The van der Waals surface area contributed by atoms with Crippen molar-refractivity contribution in [1.29, 1.82) is 0 Å². The topological polar surface area (TPSA) is 63.6 Å². The number of hydrogen-bond donors (Lipinski definition) is 2. The summed E-state index contributed by atoms with van der Waals surface area (Å²) in [5.41, 5.74) is 0. The fourth-order valence-electron chi connectivity index (χ4n) is 3.18. The Bertz CT molecular complexity index is 417. The summed E-state index contributed by atoms with van der Waals surface area (Å²) in [6.07, 6.45) is 0.119. The molecule has 2 unspecified atom stereocenters. The highest BCUT2D eigenvalue weighted by atomic mass is 16.2. The van der Waals surface area contributed by atoms with E-state index in [1.807, 2.05) is 30.7 Å². The molecule has 0 aromatic heterocycles. The molecule has 146 valence electrons. The van der Waals surface area contributed by atoms with Crippen molar-refractivity contribution in [3.05, 3.63) is 0 Å². The van der Waals surface area contributed by atoms with E-state index >= 15 is 0 Å². The zero-order chi connectivity index (χ0) is 19.0. The van der Waals surface area contributed by atoms with Crippen LogP contribution in [0.25, 0.3) is 0 Å². The van der Waals surface area contributed by atoms with E-state index in [1.165, 1.54) is 0 Å². The smallest absolute Gasteiger partial charge is 0.341 e. The number of quaternary nitrogens is 1. The number of amides is 4. The van der Waals surface area contributed by atoms with Gasteiger partial charge in [-0.25, -0.2) is 14.5 Å². The van der Waals surface area contributed by atoms with Crippen LogP contribution in [0.2, 0.25) is 0 Å². The lowest BCUT2D eigenvalue weighted by Crippen LogP contribution is -3.18. The molecule has 2 heterocycles.